The smallest absolute Gasteiger partial charge is 0.222 e. The van der Waals surface area contributed by atoms with Crippen LogP contribution in [0.25, 0.3) is 0 Å². The normalized spacial score (nSPS) is 29.5. The van der Waals surface area contributed by atoms with Crippen LogP contribution in [-0.2, 0) is 16.0 Å². The lowest BCUT2D eigenvalue weighted by Gasteiger charge is -2.62. The molecule has 1 saturated heterocycles. The number of hydrogen-bond donors (Lipinski definition) is 2. The lowest BCUT2D eigenvalue weighted by Crippen LogP contribution is -2.69. The van der Waals surface area contributed by atoms with Crippen LogP contribution in [0.5, 0.6) is 0 Å². The fourth-order valence-electron chi connectivity index (χ4n) is 4.31. The minimum Gasteiger partial charge on any atom is -0.392 e. The first kappa shape index (κ1) is 16.5. The number of aromatic nitrogens is 2. The molecule has 1 aromatic heterocycles. The maximum atomic E-state index is 12.4. The molecule has 1 amide bonds. The van der Waals surface area contributed by atoms with Crippen LogP contribution in [0.4, 0.5) is 0 Å². The van der Waals surface area contributed by atoms with Gasteiger partial charge in [0.1, 0.15) is 0 Å². The zero-order chi connectivity index (χ0) is 16.5. The molecule has 23 heavy (non-hydrogen) atoms. The molecule has 0 aromatic carbocycles. The van der Waals surface area contributed by atoms with Gasteiger partial charge in [0.2, 0.25) is 5.91 Å². The second-order valence-electron chi connectivity index (χ2n) is 7.15. The van der Waals surface area contributed by atoms with E-state index in [0.717, 1.165) is 44.3 Å². The van der Waals surface area contributed by atoms with Crippen molar-refractivity contribution in [3.05, 3.63) is 18.0 Å². The van der Waals surface area contributed by atoms with Gasteiger partial charge in [0.25, 0.3) is 0 Å². The van der Waals surface area contributed by atoms with E-state index >= 15 is 0 Å². The third-order valence-electron chi connectivity index (χ3n) is 6.14. The summed E-state index contributed by atoms with van der Waals surface area (Å²) in [5.41, 5.74) is 0.724. The second kappa shape index (κ2) is 6.24. The van der Waals surface area contributed by atoms with Gasteiger partial charge in [-0.2, -0.15) is 5.10 Å². The molecule has 1 spiro atoms. The Balaban J connectivity index is 1.48. The summed E-state index contributed by atoms with van der Waals surface area (Å²) in [6.45, 7) is 3.53. The van der Waals surface area contributed by atoms with Crippen LogP contribution in [0.15, 0.2) is 12.4 Å². The Morgan fingerprint density at radius 2 is 2.26 bits per heavy atom. The number of hydrogen-bond acceptors (Lipinski definition) is 4. The number of nitrogens with one attached hydrogen (secondary N) is 1. The van der Waals surface area contributed by atoms with Crippen LogP contribution in [0.1, 0.15) is 44.6 Å². The molecule has 2 fully saturated rings. The largest absolute Gasteiger partial charge is 0.392 e. The molecule has 1 saturated carbocycles. The van der Waals surface area contributed by atoms with Gasteiger partial charge < -0.3 is 14.7 Å². The van der Waals surface area contributed by atoms with Crippen molar-refractivity contribution in [2.75, 3.05) is 20.2 Å². The standard InChI is InChI=1S/C17H27N3O3/c1-16(23-2)10-14(21)17(16)6-8-20(9-7-17)15(22)5-3-4-13-11-18-19-12-13/h11-12,14,21H,3-10H2,1-2H3,(H,18,19)/t14-,16+/m1/s1. The summed E-state index contributed by atoms with van der Waals surface area (Å²) in [5.74, 6) is 0.219. The molecular formula is C17H27N3O3. The van der Waals surface area contributed by atoms with E-state index in [4.69, 9.17) is 4.74 Å². The Hall–Kier alpha value is -1.40. The van der Waals surface area contributed by atoms with Crippen molar-refractivity contribution in [1.29, 1.82) is 0 Å². The Morgan fingerprint density at radius 1 is 1.52 bits per heavy atom. The summed E-state index contributed by atoms with van der Waals surface area (Å²) in [6, 6.07) is 0. The molecule has 0 radical (unpaired) electrons. The summed E-state index contributed by atoms with van der Waals surface area (Å²) >= 11 is 0. The summed E-state index contributed by atoms with van der Waals surface area (Å²) in [7, 11) is 1.72. The molecule has 3 rings (SSSR count). The van der Waals surface area contributed by atoms with Crippen LogP contribution in [-0.4, -0.2) is 58.0 Å². The third kappa shape index (κ3) is 2.78. The molecule has 2 atom stereocenters. The zero-order valence-electron chi connectivity index (χ0n) is 14.0. The minimum atomic E-state index is -0.300. The lowest BCUT2D eigenvalue weighted by atomic mass is 9.51. The van der Waals surface area contributed by atoms with Crippen molar-refractivity contribution in [3.63, 3.8) is 0 Å². The van der Waals surface area contributed by atoms with Gasteiger partial charge in [-0.3, -0.25) is 9.89 Å². The molecule has 128 valence electrons. The van der Waals surface area contributed by atoms with Crippen molar-refractivity contribution < 1.29 is 14.6 Å². The van der Waals surface area contributed by atoms with Gasteiger partial charge in [-0.25, -0.2) is 0 Å². The maximum Gasteiger partial charge on any atom is 0.222 e. The summed E-state index contributed by atoms with van der Waals surface area (Å²) < 4.78 is 5.67. The van der Waals surface area contributed by atoms with Crippen molar-refractivity contribution in [3.8, 4) is 0 Å². The maximum absolute atomic E-state index is 12.4. The predicted octanol–water partition coefficient (Wildman–Crippen LogP) is 1.51. The number of rotatable bonds is 5. The number of amides is 1. The van der Waals surface area contributed by atoms with Crippen molar-refractivity contribution in [2.24, 2.45) is 5.41 Å². The number of carbonyl (C=O) groups is 1. The predicted molar refractivity (Wildman–Crippen MR) is 85.8 cm³/mol. The molecule has 0 unspecified atom stereocenters. The molecule has 1 aliphatic carbocycles. The quantitative estimate of drug-likeness (QED) is 0.862. The SMILES string of the molecule is CO[C@@]1(C)C[C@@H](O)C12CCN(C(=O)CCCc1cn[nH]c1)CC2. The summed E-state index contributed by atoms with van der Waals surface area (Å²) in [4.78, 5) is 14.3. The lowest BCUT2D eigenvalue weighted by molar-refractivity contribution is -0.261. The number of aryl methyl sites for hydroxylation is 1. The average Bonchev–Trinajstić information content (AvgIpc) is 3.08. The van der Waals surface area contributed by atoms with Crippen LogP contribution in [0, 0.1) is 5.41 Å². The number of likely N-dealkylation sites (tertiary alicyclic amines) is 1. The fourth-order valence-corrected chi connectivity index (χ4v) is 4.31. The Bertz CT molecular complexity index is 537. The molecule has 2 N–H and O–H groups in total. The number of aliphatic hydroxyl groups is 1. The van der Waals surface area contributed by atoms with Gasteiger partial charge in [-0.05, 0) is 38.2 Å². The van der Waals surface area contributed by atoms with Gasteiger partial charge in [-0.1, -0.05) is 0 Å². The van der Waals surface area contributed by atoms with Crippen molar-refractivity contribution in [2.45, 2.75) is 57.2 Å². The highest BCUT2D eigenvalue weighted by Gasteiger charge is 2.63. The van der Waals surface area contributed by atoms with E-state index in [2.05, 4.69) is 17.1 Å². The average molecular weight is 321 g/mol. The highest BCUT2D eigenvalue weighted by atomic mass is 16.5. The molecule has 2 heterocycles. The number of aliphatic hydroxyl groups excluding tert-OH is 1. The minimum absolute atomic E-state index is 0.171. The number of piperidine rings is 1. The third-order valence-corrected chi connectivity index (χ3v) is 6.14. The van der Waals surface area contributed by atoms with E-state index in [1.807, 2.05) is 11.1 Å². The highest BCUT2D eigenvalue weighted by Crippen LogP contribution is 2.57. The van der Waals surface area contributed by atoms with E-state index < -0.39 is 0 Å². The van der Waals surface area contributed by atoms with Gasteiger partial charge in [-0.15, -0.1) is 0 Å². The Labute approximate surface area is 137 Å². The monoisotopic (exact) mass is 321 g/mol. The zero-order valence-corrected chi connectivity index (χ0v) is 14.0. The van der Waals surface area contributed by atoms with Crippen LogP contribution >= 0.6 is 0 Å². The van der Waals surface area contributed by atoms with E-state index in [1.165, 1.54) is 0 Å². The molecule has 6 heteroatoms. The fraction of sp³-hybridized carbons (Fsp3) is 0.765. The highest BCUT2D eigenvalue weighted by molar-refractivity contribution is 5.76. The number of H-pyrrole nitrogens is 1. The van der Waals surface area contributed by atoms with Crippen LogP contribution in [0.2, 0.25) is 0 Å². The van der Waals surface area contributed by atoms with E-state index in [1.54, 1.807) is 13.3 Å². The van der Waals surface area contributed by atoms with Gasteiger partial charge in [0.15, 0.2) is 0 Å². The van der Waals surface area contributed by atoms with Gasteiger partial charge >= 0.3 is 0 Å². The number of methoxy groups -OCH3 is 1. The summed E-state index contributed by atoms with van der Waals surface area (Å²) in [5, 5.41) is 17.0. The molecule has 1 aromatic rings. The molecule has 2 aliphatic rings. The van der Waals surface area contributed by atoms with E-state index in [-0.39, 0.29) is 23.0 Å². The van der Waals surface area contributed by atoms with Crippen LogP contribution < -0.4 is 0 Å². The molecular weight excluding hydrogens is 294 g/mol. The van der Waals surface area contributed by atoms with Crippen molar-refractivity contribution in [1.82, 2.24) is 15.1 Å². The van der Waals surface area contributed by atoms with Gasteiger partial charge in [0.05, 0.1) is 17.9 Å². The van der Waals surface area contributed by atoms with E-state index in [9.17, 15) is 9.90 Å². The molecule has 6 nitrogen and oxygen atoms in total. The first-order valence-electron chi connectivity index (χ1n) is 8.49. The number of nitrogens with zero attached hydrogens (tertiary/aromatic N) is 2. The first-order valence-corrected chi connectivity index (χ1v) is 8.49. The molecule has 1 aliphatic heterocycles. The number of aromatic amines is 1. The Kier molecular flexibility index (Phi) is 4.47. The Morgan fingerprint density at radius 3 is 2.83 bits per heavy atom. The number of ether oxygens (including phenoxy) is 1. The first-order chi connectivity index (χ1) is 11.0. The van der Waals surface area contributed by atoms with Gasteiger partial charge in [0, 0.05) is 44.7 Å². The number of carbonyl (C=O) groups excluding carboxylic acids is 1. The molecule has 0 bridgehead atoms. The topological polar surface area (TPSA) is 78.5 Å². The second-order valence-corrected chi connectivity index (χ2v) is 7.15. The van der Waals surface area contributed by atoms with Crippen LogP contribution in [0.3, 0.4) is 0 Å². The van der Waals surface area contributed by atoms with E-state index in [0.29, 0.717) is 12.8 Å². The summed E-state index contributed by atoms with van der Waals surface area (Å²) in [6.07, 6.45) is 8.02. The van der Waals surface area contributed by atoms with Crippen molar-refractivity contribution >= 4 is 5.91 Å².